The van der Waals surface area contributed by atoms with Crippen LogP contribution in [0.2, 0.25) is 0 Å². The van der Waals surface area contributed by atoms with Gasteiger partial charge in [0.05, 0.1) is 18.8 Å². The molecule has 0 amide bonds. The fourth-order valence-corrected chi connectivity index (χ4v) is 1.98. The molecule has 1 fully saturated rings. The Kier molecular flexibility index (Phi) is 4.32. The van der Waals surface area contributed by atoms with Crippen LogP contribution in [0.15, 0.2) is 12.7 Å². The fraction of sp³-hybridized carbons (Fsp3) is 0.833. The Hall–Kier alpha value is -0.380. The summed E-state index contributed by atoms with van der Waals surface area (Å²) in [5.74, 6) is -0.546. The quantitative estimate of drug-likeness (QED) is 0.728. The highest BCUT2D eigenvalue weighted by atomic mass is 16.7. The van der Waals surface area contributed by atoms with E-state index in [-0.39, 0.29) is 18.1 Å². The van der Waals surface area contributed by atoms with Crippen molar-refractivity contribution in [2.45, 2.75) is 51.6 Å². The zero-order chi connectivity index (χ0) is 11.5. The molecule has 1 saturated heterocycles. The van der Waals surface area contributed by atoms with Gasteiger partial charge < -0.3 is 14.6 Å². The molecule has 0 aliphatic carbocycles. The molecule has 3 heteroatoms. The van der Waals surface area contributed by atoms with E-state index in [0.717, 1.165) is 12.8 Å². The van der Waals surface area contributed by atoms with Crippen LogP contribution in [-0.2, 0) is 9.47 Å². The zero-order valence-electron chi connectivity index (χ0n) is 9.90. The van der Waals surface area contributed by atoms with Crippen molar-refractivity contribution in [2.75, 3.05) is 6.61 Å². The first-order chi connectivity index (χ1) is 7.00. The standard InChI is InChI=1S/C12H22O3/c1-5-9(10(13)6-2)11-7-8-14-12(3,4)15-11/h5,9-11,13H,1,6-8H2,2-4H3/t9-,10+,11-/m0/s1. The number of ether oxygens (including phenoxy) is 2. The molecule has 0 unspecified atom stereocenters. The molecule has 0 spiro atoms. The fourth-order valence-electron chi connectivity index (χ4n) is 1.98. The Morgan fingerprint density at radius 2 is 2.27 bits per heavy atom. The minimum absolute atomic E-state index is 0.00169. The molecule has 15 heavy (non-hydrogen) atoms. The van der Waals surface area contributed by atoms with Gasteiger partial charge in [0.1, 0.15) is 0 Å². The molecule has 88 valence electrons. The maximum Gasteiger partial charge on any atom is 0.163 e. The minimum Gasteiger partial charge on any atom is -0.392 e. The van der Waals surface area contributed by atoms with E-state index >= 15 is 0 Å². The number of aliphatic hydroxyl groups excluding tert-OH is 1. The first kappa shape index (κ1) is 12.7. The second-order valence-electron chi connectivity index (χ2n) is 4.48. The largest absolute Gasteiger partial charge is 0.392 e. The summed E-state index contributed by atoms with van der Waals surface area (Å²) in [7, 11) is 0. The molecule has 1 aliphatic heterocycles. The van der Waals surface area contributed by atoms with Gasteiger partial charge in [-0.3, -0.25) is 0 Å². The topological polar surface area (TPSA) is 38.7 Å². The SMILES string of the molecule is C=C[C@@H]([C@H](O)CC)[C@@H]1CCOC(C)(C)O1. The molecular formula is C12H22O3. The summed E-state index contributed by atoms with van der Waals surface area (Å²) >= 11 is 0. The van der Waals surface area contributed by atoms with Gasteiger partial charge in [0.15, 0.2) is 5.79 Å². The third-order valence-corrected chi connectivity index (χ3v) is 2.85. The van der Waals surface area contributed by atoms with Crippen molar-refractivity contribution >= 4 is 0 Å². The van der Waals surface area contributed by atoms with Crippen LogP contribution in [0.25, 0.3) is 0 Å². The van der Waals surface area contributed by atoms with Crippen LogP contribution < -0.4 is 0 Å². The lowest BCUT2D eigenvalue weighted by Crippen LogP contribution is -2.45. The Morgan fingerprint density at radius 3 is 2.73 bits per heavy atom. The molecule has 0 aromatic carbocycles. The van der Waals surface area contributed by atoms with Crippen LogP contribution in [0.4, 0.5) is 0 Å². The van der Waals surface area contributed by atoms with Gasteiger partial charge in [-0.05, 0) is 26.7 Å². The van der Waals surface area contributed by atoms with Gasteiger partial charge in [-0.1, -0.05) is 13.0 Å². The molecule has 0 aromatic heterocycles. The van der Waals surface area contributed by atoms with Crippen molar-refractivity contribution < 1.29 is 14.6 Å². The van der Waals surface area contributed by atoms with Crippen molar-refractivity contribution in [3.8, 4) is 0 Å². The summed E-state index contributed by atoms with van der Waals surface area (Å²) in [5, 5.41) is 9.85. The molecule has 3 nitrogen and oxygen atoms in total. The van der Waals surface area contributed by atoms with Crippen LogP contribution in [0.3, 0.4) is 0 Å². The number of hydrogen-bond acceptors (Lipinski definition) is 3. The number of rotatable bonds is 4. The highest BCUT2D eigenvalue weighted by molar-refractivity contribution is 4.91. The van der Waals surface area contributed by atoms with E-state index in [0.29, 0.717) is 6.61 Å². The maximum atomic E-state index is 9.85. The summed E-state index contributed by atoms with van der Waals surface area (Å²) in [5.41, 5.74) is 0. The summed E-state index contributed by atoms with van der Waals surface area (Å²) in [6.07, 6.45) is 2.97. The van der Waals surface area contributed by atoms with Crippen LogP contribution in [0.1, 0.15) is 33.6 Å². The Bertz CT molecular complexity index is 213. The minimum atomic E-state index is -0.544. The average Bonchev–Trinajstić information content (AvgIpc) is 2.17. The molecule has 3 atom stereocenters. The van der Waals surface area contributed by atoms with E-state index in [1.165, 1.54) is 0 Å². The van der Waals surface area contributed by atoms with Gasteiger partial charge in [0.25, 0.3) is 0 Å². The van der Waals surface area contributed by atoms with E-state index < -0.39 is 5.79 Å². The molecule has 1 aliphatic rings. The highest BCUT2D eigenvalue weighted by Crippen LogP contribution is 2.29. The lowest BCUT2D eigenvalue weighted by atomic mass is 9.91. The normalized spacial score (nSPS) is 29.5. The average molecular weight is 214 g/mol. The summed E-state index contributed by atoms with van der Waals surface area (Å²) in [4.78, 5) is 0. The predicted molar refractivity (Wildman–Crippen MR) is 59.5 cm³/mol. The molecular weight excluding hydrogens is 192 g/mol. The van der Waals surface area contributed by atoms with Gasteiger partial charge >= 0.3 is 0 Å². The van der Waals surface area contributed by atoms with E-state index in [4.69, 9.17) is 9.47 Å². The molecule has 1 heterocycles. The van der Waals surface area contributed by atoms with Crippen molar-refractivity contribution in [1.29, 1.82) is 0 Å². The molecule has 0 aromatic rings. The Morgan fingerprint density at radius 1 is 1.60 bits per heavy atom. The second kappa shape index (κ2) is 5.10. The van der Waals surface area contributed by atoms with Crippen LogP contribution >= 0.6 is 0 Å². The van der Waals surface area contributed by atoms with Crippen LogP contribution in [-0.4, -0.2) is 29.7 Å². The Labute approximate surface area is 92.1 Å². The van der Waals surface area contributed by atoms with E-state index in [2.05, 4.69) is 6.58 Å². The molecule has 0 radical (unpaired) electrons. The van der Waals surface area contributed by atoms with Crippen molar-refractivity contribution in [3.05, 3.63) is 12.7 Å². The maximum absolute atomic E-state index is 9.85. The third kappa shape index (κ3) is 3.30. The van der Waals surface area contributed by atoms with Gasteiger partial charge in [0.2, 0.25) is 0 Å². The lowest BCUT2D eigenvalue weighted by Gasteiger charge is -2.39. The second-order valence-corrected chi connectivity index (χ2v) is 4.48. The van der Waals surface area contributed by atoms with Crippen molar-refractivity contribution in [1.82, 2.24) is 0 Å². The highest BCUT2D eigenvalue weighted by Gasteiger charge is 2.35. The lowest BCUT2D eigenvalue weighted by molar-refractivity contribution is -0.283. The monoisotopic (exact) mass is 214 g/mol. The molecule has 1 rings (SSSR count). The van der Waals surface area contributed by atoms with Gasteiger partial charge in [-0.2, -0.15) is 0 Å². The third-order valence-electron chi connectivity index (χ3n) is 2.85. The van der Waals surface area contributed by atoms with E-state index in [1.807, 2.05) is 20.8 Å². The van der Waals surface area contributed by atoms with E-state index in [1.54, 1.807) is 6.08 Å². The molecule has 0 bridgehead atoms. The van der Waals surface area contributed by atoms with E-state index in [9.17, 15) is 5.11 Å². The first-order valence-electron chi connectivity index (χ1n) is 5.62. The van der Waals surface area contributed by atoms with Gasteiger partial charge in [-0.15, -0.1) is 6.58 Å². The number of aliphatic hydroxyl groups is 1. The van der Waals surface area contributed by atoms with Crippen LogP contribution in [0, 0.1) is 5.92 Å². The van der Waals surface area contributed by atoms with Gasteiger partial charge in [0, 0.05) is 5.92 Å². The summed E-state index contributed by atoms with van der Waals surface area (Å²) < 4.78 is 11.3. The Balaban J connectivity index is 2.64. The first-order valence-corrected chi connectivity index (χ1v) is 5.62. The van der Waals surface area contributed by atoms with Crippen molar-refractivity contribution in [3.63, 3.8) is 0 Å². The van der Waals surface area contributed by atoms with Crippen molar-refractivity contribution in [2.24, 2.45) is 5.92 Å². The predicted octanol–water partition coefficient (Wildman–Crippen LogP) is 2.10. The van der Waals surface area contributed by atoms with Crippen LogP contribution in [0.5, 0.6) is 0 Å². The zero-order valence-corrected chi connectivity index (χ0v) is 9.90. The smallest absolute Gasteiger partial charge is 0.163 e. The summed E-state index contributed by atoms with van der Waals surface area (Å²) in [6, 6.07) is 0. The molecule has 1 N–H and O–H groups in total. The number of hydrogen-bond donors (Lipinski definition) is 1. The summed E-state index contributed by atoms with van der Waals surface area (Å²) in [6.45, 7) is 10.2. The molecule has 0 saturated carbocycles. The van der Waals surface area contributed by atoms with Gasteiger partial charge in [-0.25, -0.2) is 0 Å².